The Bertz CT molecular complexity index is 395. The van der Waals surface area contributed by atoms with Gasteiger partial charge in [-0.3, -0.25) is 0 Å². The molecule has 12 heavy (non-hydrogen) atoms. The van der Waals surface area contributed by atoms with Crippen molar-refractivity contribution in [2.24, 2.45) is 7.05 Å². The normalized spacial score (nSPS) is 11.7. The van der Waals surface area contributed by atoms with Crippen molar-refractivity contribution in [2.45, 2.75) is 19.8 Å². The SMILES string of the molecule is CC(C)c1cccc2on(C)c12. The lowest BCUT2D eigenvalue weighted by molar-refractivity contribution is 0.304. The minimum atomic E-state index is 0.561. The highest BCUT2D eigenvalue weighted by atomic mass is 16.5. The average molecular weight is 163 g/mol. The third kappa shape index (κ3) is 0.876. The van der Waals surface area contributed by atoms with Gasteiger partial charge in [-0.25, -0.2) is 4.74 Å². The molecule has 2 aromatic rings. The second kappa shape index (κ2) is 2.41. The van der Waals surface area contributed by atoms with Gasteiger partial charge in [0.2, 0.25) is 0 Å². The van der Waals surface area contributed by atoms with Crippen molar-refractivity contribution < 1.29 is 4.52 Å². The smallest absolute Gasteiger partial charge is 0.182 e. The fourth-order valence-corrected chi connectivity index (χ4v) is 1.57. The summed E-state index contributed by atoms with van der Waals surface area (Å²) in [6.45, 7) is 4.39. The highest BCUT2D eigenvalue weighted by molar-refractivity contribution is 5.78. The molecular weight excluding hydrogens is 150 g/mol. The maximum atomic E-state index is 5.31. The lowest BCUT2D eigenvalue weighted by atomic mass is 10.0. The molecule has 0 N–H and O–H groups in total. The van der Waals surface area contributed by atoms with Crippen LogP contribution < -0.4 is 0 Å². The summed E-state index contributed by atoms with van der Waals surface area (Å²) in [4.78, 5) is 0. The first kappa shape index (κ1) is 7.47. The van der Waals surface area contributed by atoms with Crippen LogP contribution in [0.3, 0.4) is 0 Å². The van der Waals surface area contributed by atoms with Gasteiger partial charge in [-0.15, -0.1) is 0 Å². The summed E-state index contributed by atoms with van der Waals surface area (Å²) >= 11 is 0. The quantitative estimate of drug-likeness (QED) is 0.632. The van der Waals surface area contributed by atoms with E-state index in [-0.39, 0.29) is 0 Å². The van der Waals surface area contributed by atoms with Crippen LogP contribution in [0.4, 0.5) is 0 Å². The van der Waals surface area contributed by atoms with Crippen LogP contribution in [0.1, 0.15) is 25.3 Å². The van der Waals surface area contributed by atoms with E-state index in [0.29, 0.717) is 5.92 Å². The summed E-state index contributed by atoms with van der Waals surface area (Å²) in [6, 6.07) is 6.20. The Morgan fingerprint density at radius 2 is 2.08 bits per heavy atom. The monoisotopic (exact) mass is 163 g/mol. The summed E-state index contributed by atoms with van der Waals surface area (Å²) in [7, 11) is 1.94. The second-order valence-corrected chi connectivity index (χ2v) is 3.44. The lowest BCUT2D eigenvalue weighted by Crippen LogP contribution is -2.02. The summed E-state index contributed by atoms with van der Waals surface area (Å²) in [6.07, 6.45) is 0. The number of fused-ring (bicyclic) bond motifs is 1. The Hall–Kier alpha value is -1.18. The van der Waals surface area contributed by atoms with Gasteiger partial charge in [0, 0.05) is 7.05 Å². The zero-order chi connectivity index (χ0) is 8.72. The molecular formula is C10H13NO. The minimum absolute atomic E-state index is 0.561. The van der Waals surface area contributed by atoms with E-state index in [1.165, 1.54) is 11.1 Å². The Morgan fingerprint density at radius 3 is 2.58 bits per heavy atom. The predicted molar refractivity (Wildman–Crippen MR) is 49.3 cm³/mol. The third-order valence-electron chi connectivity index (χ3n) is 2.20. The molecule has 64 valence electrons. The van der Waals surface area contributed by atoms with Gasteiger partial charge >= 0.3 is 0 Å². The molecule has 0 aliphatic heterocycles. The van der Waals surface area contributed by atoms with Crippen LogP contribution in [-0.4, -0.2) is 4.74 Å². The van der Waals surface area contributed by atoms with Crippen molar-refractivity contribution in [3.05, 3.63) is 23.8 Å². The van der Waals surface area contributed by atoms with E-state index in [2.05, 4.69) is 19.9 Å². The number of nitrogens with zero attached hydrogens (tertiary/aromatic N) is 1. The molecule has 2 rings (SSSR count). The molecule has 0 aliphatic rings. The second-order valence-electron chi connectivity index (χ2n) is 3.44. The van der Waals surface area contributed by atoms with Crippen molar-refractivity contribution in [1.82, 2.24) is 4.74 Å². The van der Waals surface area contributed by atoms with Gasteiger partial charge in [-0.1, -0.05) is 26.0 Å². The number of rotatable bonds is 1. The standard InChI is InChI=1S/C10H13NO/c1-7(2)8-5-4-6-9-10(8)11(3)12-9/h4-7H,1-3H3. The first-order valence-corrected chi connectivity index (χ1v) is 4.24. The summed E-state index contributed by atoms with van der Waals surface area (Å²) < 4.78 is 7.13. The van der Waals surface area contributed by atoms with E-state index in [1.54, 1.807) is 0 Å². The van der Waals surface area contributed by atoms with Gasteiger partial charge < -0.3 is 4.52 Å². The molecule has 0 atom stereocenters. The molecule has 0 aliphatic carbocycles. The summed E-state index contributed by atoms with van der Waals surface area (Å²) in [5.74, 6) is 0.561. The number of aryl methyl sites for hydroxylation is 1. The Kier molecular flexibility index (Phi) is 1.50. The number of hydrogen-bond donors (Lipinski definition) is 0. The molecule has 1 aromatic heterocycles. The van der Waals surface area contributed by atoms with E-state index < -0.39 is 0 Å². The summed E-state index contributed by atoms with van der Waals surface area (Å²) in [5, 5.41) is 0. The van der Waals surface area contributed by atoms with E-state index >= 15 is 0 Å². The van der Waals surface area contributed by atoms with Crippen molar-refractivity contribution in [2.75, 3.05) is 0 Å². The van der Waals surface area contributed by atoms with E-state index in [4.69, 9.17) is 4.52 Å². The van der Waals surface area contributed by atoms with E-state index in [9.17, 15) is 0 Å². The zero-order valence-corrected chi connectivity index (χ0v) is 7.66. The number of aromatic nitrogens is 1. The van der Waals surface area contributed by atoms with E-state index in [0.717, 1.165) is 5.58 Å². The fourth-order valence-electron chi connectivity index (χ4n) is 1.57. The van der Waals surface area contributed by atoms with Crippen molar-refractivity contribution in [3.63, 3.8) is 0 Å². The Labute approximate surface area is 71.7 Å². The number of para-hydroxylation sites is 1. The van der Waals surface area contributed by atoms with Crippen LogP contribution >= 0.6 is 0 Å². The highest BCUT2D eigenvalue weighted by Crippen LogP contribution is 2.27. The molecule has 2 heteroatoms. The average Bonchev–Trinajstić information content (AvgIpc) is 2.01. The van der Waals surface area contributed by atoms with Gasteiger partial charge in [-0.05, 0) is 17.5 Å². The van der Waals surface area contributed by atoms with Gasteiger partial charge in [-0.2, -0.15) is 0 Å². The molecule has 0 fully saturated rings. The molecule has 0 radical (unpaired) electrons. The van der Waals surface area contributed by atoms with Gasteiger partial charge in [0.1, 0.15) is 5.52 Å². The van der Waals surface area contributed by atoms with Crippen LogP contribution in [0.15, 0.2) is 22.7 Å². The van der Waals surface area contributed by atoms with Gasteiger partial charge in [0.25, 0.3) is 0 Å². The highest BCUT2D eigenvalue weighted by Gasteiger charge is 2.11. The molecule has 0 unspecified atom stereocenters. The van der Waals surface area contributed by atoms with Crippen LogP contribution in [0.5, 0.6) is 0 Å². The lowest BCUT2D eigenvalue weighted by Gasteiger charge is -2.15. The first-order valence-electron chi connectivity index (χ1n) is 4.24. The minimum Gasteiger partial charge on any atom is -0.377 e. The Morgan fingerprint density at radius 1 is 1.33 bits per heavy atom. The first-order chi connectivity index (χ1) is 5.70. The molecule has 0 bridgehead atoms. The summed E-state index contributed by atoms with van der Waals surface area (Å²) in [5.41, 5.74) is 3.61. The number of benzene rings is 1. The third-order valence-corrected chi connectivity index (χ3v) is 2.20. The topological polar surface area (TPSA) is 18.1 Å². The molecule has 0 amide bonds. The largest absolute Gasteiger partial charge is 0.377 e. The predicted octanol–water partition coefficient (Wildman–Crippen LogP) is 2.89. The van der Waals surface area contributed by atoms with Gasteiger partial charge in [0.15, 0.2) is 5.58 Å². The van der Waals surface area contributed by atoms with Crippen molar-refractivity contribution >= 4 is 11.1 Å². The van der Waals surface area contributed by atoms with Crippen molar-refractivity contribution in [1.29, 1.82) is 0 Å². The molecule has 1 aromatic carbocycles. The number of hydrogen-bond acceptors (Lipinski definition) is 1. The fraction of sp³-hybridized carbons (Fsp3) is 0.400. The molecule has 0 spiro atoms. The van der Waals surface area contributed by atoms with E-state index in [1.807, 2.05) is 23.9 Å². The van der Waals surface area contributed by atoms with Crippen LogP contribution in [0.25, 0.3) is 11.1 Å². The molecule has 1 heterocycles. The maximum absolute atomic E-state index is 5.31. The zero-order valence-electron chi connectivity index (χ0n) is 7.66. The Balaban J connectivity index is 2.67. The molecule has 0 saturated carbocycles. The van der Waals surface area contributed by atoms with Crippen molar-refractivity contribution in [3.8, 4) is 0 Å². The van der Waals surface area contributed by atoms with Gasteiger partial charge in [0.05, 0.1) is 0 Å². The van der Waals surface area contributed by atoms with Crippen LogP contribution in [-0.2, 0) is 7.05 Å². The van der Waals surface area contributed by atoms with Crippen LogP contribution in [0.2, 0.25) is 0 Å². The molecule has 0 saturated heterocycles. The van der Waals surface area contributed by atoms with Crippen LogP contribution in [0, 0.1) is 0 Å². The maximum Gasteiger partial charge on any atom is 0.182 e. The molecule has 2 nitrogen and oxygen atoms in total.